The third-order valence-corrected chi connectivity index (χ3v) is 14.0. The van der Waals surface area contributed by atoms with E-state index in [2.05, 4.69) is 228 Å². The molecule has 0 saturated carbocycles. The van der Waals surface area contributed by atoms with Gasteiger partial charge in [0.1, 0.15) is 0 Å². The summed E-state index contributed by atoms with van der Waals surface area (Å²) in [7, 11) is 0. The van der Waals surface area contributed by atoms with Gasteiger partial charge in [-0.3, -0.25) is 9.47 Å². The summed E-state index contributed by atoms with van der Waals surface area (Å²) < 4.78 is 2.27. The molecule has 1 aliphatic carbocycles. The summed E-state index contributed by atoms with van der Waals surface area (Å²) in [5, 5.41) is 2.27. The van der Waals surface area contributed by atoms with Gasteiger partial charge in [0.2, 0.25) is 11.9 Å². The van der Waals surface area contributed by atoms with Crippen molar-refractivity contribution in [2.45, 2.75) is 5.41 Å². The average molecular weight is 881 g/mol. The summed E-state index contributed by atoms with van der Waals surface area (Å²) in [4.78, 5) is 23.9. The number of hydrogen-bond donors (Lipinski definition) is 0. The predicted molar refractivity (Wildman–Crippen MR) is 279 cm³/mol. The highest BCUT2D eigenvalue weighted by Crippen LogP contribution is 2.64. The van der Waals surface area contributed by atoms with Crippen molar-refractivity contribution in [2.75, 3.05) is 4.90 Å². The van der Waals surface area contributed by atoms with E-state index < -0.39 is 5.41 Å². The highest BCUT2D eigenvalue weighted by atomic mass is 15.3. The van der Waals surface area contributed by atoms with Crippen LogP contribution in [0.25, 0.3) is 83.9 Å². The third kappa shape index (κ3) is 5.92. The molecule has 6 nitrogen and oxygen atoms in total. The zero-order valence-electron chi connectivity index (χ0n) is 37.3. The smallest absolute Gasteiger partial charge is 0.235 e. The minimum atomic E-state index is -0.684. The van der Waals surface area contributed by atoms with Gasteiger partial charge in [-0.2, -0.15) is 0 Å². The number of nitrogens with zero attached hydrogens (tertiary/aromatic N) is 6. The number of para-hydroxylation sites is 3. The summed E-state index contributed by atoms with van der Waals surface area (Å²) in [5.74, 6) is 1.24. The highest BCUT2D eigenvalue weighted by Gasteiger charge is 2.52. The van der Waals surface area contributed by atoms with Gasteiger partial charge in [0, 0.05) is 33.0 Å². The van der Waals surface area contributed by atoms with E-state index in [9.17, 15) is 0 Å². The number of fused-ring (bicyclic) bond motifs is 12. The molecule has 0 amide bonds. The molecule has 2 aliphatic rings. The van der Waals surface area contributed by atoms with Crippen LogP contribution in [0.3, 0.4) is 0 Å². The molecule has 322 valence electrons. The Morgan fingerprint density at radius 1 is 0.290 bits per heavy atom. The molecule has 14 rings (SSSR count). The lowest BCUT2D eigenvalue weighted by Crippen LogP contribution is -2.36. The lowest BCUT2D eigenvalue weighted by molar-refractivity contribution is 0.750. The van der Waals surface area contributed by atoms with Crippen LogP contribution in [0, 0.1) is 0 Å². The summed E-state index contributed by atoms with van der Waals surface area (Å²) in [6, 6.07) is 86.1. The minimum Gasteiger partial charge on any atom is -0.278 e. The molecule has 0 saturated heterocycles. The molecule has 1 spiro atoms. The molecular formula is C63H40N6. The maximum atomic E-state index is 5.41. The van der Waals surface area contributed by atoms with Crippen molar-refractivity contribution in [1.29, 1.82) is 0 Å². The molecule has 12 aromatic rings. The van der Waals surface area contributed by atoms with Gasteiger partial charge in [-0.1, -0.05) is 200 Å². The molecule has 0 atom stereocenters. The Balaban J connectivity index is 1.04. The third-order valence-electron chi connectivity index (χ3n) is 14.0. The van der Waals surface area contributed by atoms with Crippen molar-refractivity contribution in [1.82, 2.24) is 24.5 Å². The minimum absolute atomic E-state index is 0.614. The molecule has 0 fully saturated rings. The highest BCUT2D eigenvalue weighted by molar-refractivity contribution is 6.12. The van der Waals surface area contributed by atoms with Crippen LogP contribution in [0.1, 0.15) is 22.3 Å². The Morgan fingerprint density at radius 2 is 0.710 bits per heavy atom. The van der Waals surface area contributed by atoms with Crippen molar-refractivity contribution in [3.05, 3.63) is 265 Å². The Bertz CT molecular complexity index is 3800. The molecular weight excluding hydrogens is 841 g/mol. The molecule has 9 aromatic carbocycles. The Kier molecular flexibility index (Phi) is 8.70. The molecule has 0 unspecified atom stereocenters. The maximum Gasteiger partial charge on any atom is 0.235 e. The van der Waals surface area contributed by atoms with Crippen LogP contribution >= 0.6 is 0 Å². The van der Waals surface area contributed by atoms with E-state index in [1.165, 1.54) is 33.4 Å². The Hall–Kier alpha value is -9.26. The first-order valence-electron chi connectivity index (χ1n) is 23.4. The van der Waals surface area contributed by atoms with E-state index in [-0.39, 0.29) is 0 Å². The Morgan fingerprint density at radius 3 is 1.23 bits per heavy atom. The zero-order chi connectivity index (χ0) is 45.5. The summed E-state index contributed by atoms with van der Waals surface area (Å²) >= 11 is 0. The van der Waals surface area contributed by atoms with E-state index in [4.69, 9.17) is 19.9 Å². The Labute approximate surface area is 399 Å². The first kappa shape index (κ1) is 39.0. The van der Waals surface area contributed by atoms with Crippen molar-refractivity contribution in [3.63, 3.8) is 0 Å². The van der Waals surface area contributed by atoms with Gasteiger partial charge in [0.25, 0.3) is 0 Å². The van der Waals surface area contributed by atoms with Gasteiger partial charge in [-0.15, -0.1) is 0 Å². The van der Waals surface area contributed by atoms with Crippen LogP contribution < -0.4 is 4.90 Å². The lowest BCUT2D eigenvalue weighted by atomic mass is 9.64. The first-order chi connectivity index (χ1) is 34.2. The van der Waals surface area contributed by atoms with Crippen LogP contribution in [0.2, 0.25) is 0 Å². The van der Waals surface area contributed by atoms with Crippen molar-refractivity contribution in [2.24, 2.45) is 0 Å². The van der Waals surface area contributed by atoms with E-state index in [1.54, 1.807) is 0 Å². The van der Waals surface area contributed by atoms with E-state index in [0.29, 0.717) is 11.9 Å². The number of benzene rings is 9. The van der Waals surface area contributed by atoms with Crippen molar-refractivity contribution in [3.8, 4) is 62.1 Å². The normalized spacial score (nSPS) is 13.0. The van der Waals surface area contributed by atoms with Gasteiger partial charge in [-0.05, 0) is 75.8 Å². The lowest BCUT2D eigenvalue weighted by Gasteiger charge is -2.44. The largest absolute Gasteiger partial charge is 0.278 e. The molecule has 0 bridgehead atoms. The van der Waals surface area contributed by atoms with Crippen LogP contribution in [0.5, 0.6) is 0 Å². The molecule has 69 heavy (non-hydrogen) atoms. The number of anilines is 3. The fraction of sp³-hybridized carbons (Fsp3) is 0.0159. The topological polar surface area (TPSA) is 59.7 Å². The number of aromatic nitrogens is 5. The second kappa shape index (κ2) is 15.4. The molecule has 4 heterocycles. The van der Waals surface area contributed by atoms with Crippen LogP contribution in [-0.4, -0.2) is 24.5 Å². The van der Waals surface area contributed by atoms with Gasteiger partial charge < -0.3 is 0 Å². The van der Waals surface area contributed by atoms with Crippen LogP contribution in [0.15, 0.2) is 243 Å². The predicted octanol–water partition coefficient (Wildman–Crippen LogP) is 15.2. The van der Waals surface area contributed by atoms with Crippen molar-refractivity contribution >= 4 is 39.1 Å². The van der Waals surface area contributed by atoms with Crippen LogP contribution in [0.4, 0.5) is 17.3 Å². The fourth-order valence-electron chi connectivity index (χ4n) is 11.1. The first-order valence-corrected chi connectivity index (χ1v) is 23.4. The average Bonchev–Trinajstić information content (AvgIpc) is 3.91. The summed E-state index contributed by atoms with van der Waals surface area (Å²) in [6.07, 6.45) is 0. The van der Waals surface area contributed by atoms with Crippen LogP contribution in [-0.2, 0) is 5.41 Å². The maximum absolute atomic E-state index is 5.41. The quantitative estimate of drug-likeness (QED) is 0.166. The fourth-order valence-corrected chi connectivity index (χ4v) is 11.1. The molecule has 6 heteroatoms. The standard InChI is InChI=1S/C63H40N6/c1-5-21-41(22-6-1)53-39-54(42-23-7-2-8-24-42)65-61(64-53)68-57-34-18-14-30-46(57)48-37-52-47(38-60(48)68)45-29-13-15-31-49(45)63(52)50-32-16-19-35-58(50)69(59-36-20-17-33-51(59)63)62-66-55(43-25-9-3-10-26-43)40-56(67-62)44-27-11-4-12-28-44/h1-40H. The zero-order valence-corrected chi connectivity index (χ0v) is 37.3. The molecule has 1 aliphatic heterocycles. The second-order valence-electron chi connectivity index (χ2n) is 17.8. The van der Waals surface area contributed by atoms with Gasteiger partial charge in [-0.25, -0.2) is 19.9 Å². The molecule has 3 aromatic heterocycles. The van der Waals surface area contributed by atoms with E-state index >= 15 is 0 Å². The van der Waals surface area contributed by atoms with E-state index in [0.717, 1.165) is 78.2 Å². The van der Waals surface area contributed by atoms with Crippen molar-refractivity contribution < 1.29 is 0 Å². The molecule has 0 N–H and O–H groups in total. The molecule has 0 radical (unpaired) electrons. The second-order valence-corrected chi connectivity index (χ2v) is 17.8. The monoisotopic (exact) mass is 880 g/mol. The SMILES string of the molecule is c1ccc(-c2cc(-c3ccccc3)nc(N3c4ccccc4C4(c5ccccc5-c5cc6c(cc54)c4ccccc4n6-c4nc(-c5ccccc5)cc(-c5ccccc5)n4)c4ccccc43)n2)cc1. The summed E-state index contributed by atoms with van der Waals surface area (Å²) in [5.41, 5.74) is 18.2. The van der Waals surface area contributed by atoms with Gasteiger partial charge in [0.15, 0.2) is 0 Å². The van der Waals surface area contributed by atoms with Gasteiger partial charge >= 0.3 is 0 Å². The summed E-state index contributed by atoms with van der Waals surface area (Å²) in [6.45, 7) is 0. The van der Waals surface area contributed by atoms with Gasteiger partial charge in [0.05, 0.1) is 50.6 Å². The van der Waals surface area contributed by atoms with E-state index in [1.807, 2.05) is 24.3 Å². The number of hydrogen-bond acceptors (Lipinski definition) is 5. The number of rotatable bonds is 6.